The van der Waals surface area contributed by atoms with Gasteiger partial charge in [0.15, 0.2) is 0 Å². The molecule has 1 heterocycles. The number of carbonyl (C=O) groups is 1. The van der Waals surface area contributed by atoms with Crippen molar-refractivity contribution in [2.75, 3.05) is 19.5 Å². The number of phenols is 1. The molecule has 1 atom stereocenters. The van der Waals surface area contributed by atoms with E-state index in [1.807, 2.05) is 18.2 Å². The summed E-state index contributed by atoms with van der Waals surface area (Å²) >= 11 is 0. The molecule has 0 aromatic heterocycles. The Hall–Kier alpha value is -2.69. The lowest BCUT2D eigenvalue weighted by Crippen LogP contribution is -2.24. The van der Waals surface area contributed by atoms with Crippen LogP contribution in [0.25, 0.3) is 0 Å². The van der Waals surface area contributed by atoms with Crippen LogP contribution in [-0.4, -0.2) is 25.2 Å². The number of hydrogen-bond acceptors (Lipinski definition) is 4. The first kappa shape index (κ1) is 14.3. The standard InChI is InChI=1S/C17H17NO4/c1-21-12-7-14-17(15(8-12)22-2)13(9-16(20)18-14)10-3-5-11(19)6-4-10/h3-8,13,19H,9H2,1-2H3,(H,18,20). The van der Waals surface area contributed by atoms with Crippen LogP contribution in [-0.2, 0) is 4.79 Å². The number of carbonyl (C=O) groups excluding carboxylic acids is 1. The van der Waals surface area contributed by atoms with E-state index < -0.39 is 0 Å². The Morgan fingerprint density at radius 1 is 1.14 bits per heavy atom. The molecule has 2 N–H and O–H groups in total. The first-order valence-corrected chi connectivity index (χ1v) is 6.97. The first-order valence-electron chi connectivity index (χ1n) is 6.97. The van der Waals surface area contributed by atoms with Crippen LogP contribution in [0.2, 0.25) is 0 Å². The molecule has 0 saturated heterocycles. The number of phenolic OH excluding ortho intramolecular Hbond substituents is 1. The second-order valence-electron chi connectivity index (χ2n) is 5.19. The zero-order valence-corrected chi connectivity index (χ0v) is 12.4. The second kappa shape index (κ2) is 5.60. The molecule has 2 aromatic rings. The van der Waals surface area contributed by atoms with Crippen molar-refractivity contribution in [3.8, 4) is 17.2 Å². The van der Waals surface area contributed by atoms with Gasteiger partial charge in [-0.1, -0.05) is 12.1 Å². The van der Waals surface area contributed by atoms with E-state index >= 15 is 0 Å². The molecule has 0 radical (unpaired) electrons. The molecule has 5 heteroatoms. The highest BCUT2D eigenvalue weighted by Gasteiger charge is 2.30. The van der Waals surface area contributed by atoms with Crippen LogP contribution in [0.5, 0.6) is 17.2 Å². The van der Waals surface area contributed by atoms with Crippen molar-refractivity contribution in [3.63, 3.8) is 0 Å². The van der Waals surface area contributed by atoms with Crippen LogP contribution in [0.1, 0.15) is 23.5 Å². The fourth-order valence-electron chi connectivity index (χ4n) is 2.83. The van der Waals surface area contributed by atoms with Gasteiger partial charge in [0.1, 0.15) is 17.2 Å². The average molecular weight is 299 g/mol. The topological polar surface area (TPSA) is 67.8 Å². The van der Waals surface area contributed by atoms with Crippen molar-refractivity contribution < 1.29 is 19.4 Å². The smallest absolute Gasteiger partial charge is 0.225 e. The Bertz CT molecular complexity index is 709. The van der Waals surface area contributed by atoms with Gasteiger partial charge in [-0.15, -0.1) is 0 Å². The van der Waals surface area contributed by atoms with E-state index in [4.69, 9.17) is 9.47 Å². The summed E-state index contributed by atoms with van der Waals surface area (Å²) in [5.41, 5.74) is 2.58. The molecule has 0 aliphatic carbocycles. The number of ether oxygens (including phenoxy) is 2. The van der Waals surface area contributed by atoms with Crippen LogP contribution in [0.4, 0.5) is 5.69 Å². The highest BCUT2D eigenvalue weighted by molar-refractivity contribution is 5.96. The average Bonchev–Trinajstić information content (AvgIpc) is 2.53. The van der Waals surface area contributed by atoms with Gasteiger partial charge in [0, 0.05) is 30.0 Å². The molecule has 114 valence electrons. The quantitative estimate of drug-likeness (QED) is 0.914. The van der Waals surface area contributed by atoms with Crippen molar-refractivity contribution in [3.05, 3.63) is 47.5 Å². The van der Waals surface area contributed by atoms with Crippen LogP contribution >= 0.6 is 0 Å². The predicted molar refractivity (Wildman–Crippen MR) is 82.7 cm³/mol. The van der Waals surface area contributed by atoms with Gasteiger partial charge in [0.2, 0.25) is 5.91 Å². The maximum absolute atomic E-state index is 12.0. The molecule has 3 rings (SSSR count). The maximum Gasteiger partial charge on any atom is 0.225 e. The summed E-state index contributed by atoms with van der Waals surface area (Å²) < 4.78 is 10.7. The third-order valence-corrected chi connectivity index (χ3v) is 3.88. The summed E-state index contributed by atoms with van der Waals surface area (Å²) in [6.07, 6.45) is 0.334. The van der Waals surface area contributed by atoms with E-state index in [1.165, 1.54) is 0 Å². The molecular weight excluding hydrogens is 282 g/mol. The van der Waals surface area contributed by atoms with Crippen molar-refractivity contribution in [2.45, 2.75) is 12.3 Å². The second-order valence-corrected chi connectivity index (χ2v) is 5.19. The minimum Gasteiger partial charge on any atom is -0.508 e. The number of benzene rings is 2. The van der Waals surface area contributed by atoms with E-state index in [1.54, 1.807) is 32.4 Å². The van der Waals surface area contributed by atoms with Gasteiger partial charge in [-0.25, -0.2) is 0 Å². The largest absolute Gasteiger partial charge is 0.508 e. The van der Waals surface area contributed by atoms with Crippen molar-refractivity contribution >= 4 is 11.6 Å². The molecule has 1 aliphatic rings. The van der Waals surface area contributed by atoms with Crippen molar-refractivity contribution in [1.29, 1.82) is 0 Å². The summed E-state index contributed by atoms with van der Waals surface area (Å²) in [5.74, 6) is 1.33. The van der Waals surface area contributed by atoms with Gasteiger partial charge >= 0.3 is 0 Å². The van der Waals surface area contributed by atoms with E-state index in [9.17, 15) is 9.90 Å². The lowest BCUT2D eigenvalue weighted by Gasteiger charge is -2.28. The monoisotopic (exact) mass is 299 g/mol. The summed E-state index contributed by atoms with van der Waals surface area (Å²) in [5, 5.41) is 12.3. The highest BCUT2D eigenvalue weighted by atomic mass is 16.5. The predicted octanol–water partition coefficient (Wildman–Crippen LogP) is 2.88. The first-order chi connectivity index (χ1) is 10.6. The molecule has 0 spiro atoms. The van der Waals surface area contributed by atoms with E-state index in [2.05, 4.69) is 5.32 Å². The summed E-state index contributed by atoms with van der Waals surface area (Å²) in [6.45, 7) is 0. The van der Waals surface area contributed by atoms with Crippen LogP contribution < -0.4 is 14.8 Å². The fourth-order valence-corrected chi connectivity index (χ4v) is 2.83. The van der Waals surface area contributed by atoms with Crippen LogP contribution in [0.3, 0.4) is 0 Å². The highest BCUT2D eigenvalue weighted by Crippen LogP contribution is 2.44. The normalized spacial score (nSPS) is 16.6. The zero-order valence-electron chi connectivity index (χ0n) is 12.4. The van der Waals surface area contributed by atoms with Gasteiger partial charge in [-0.2, -0.15) is 0 Å². The molecular formula is C17H17NO4. The Kier molecular flexibility index (Phi) is 3.63. The number of aromatic hydroxyl groups is 1. The molecule has 0 saturated carbocycles. The Morgan fingerprint density at radius 2 is 1.86 bits per heavy atom. The van der Waals surface area contributed by atoms with Gasteiger partial charge in [0.25, 0.3) is 0 Å². The van der Waals surface area contributed by atoms with Crippen LogP contribution in [0, 0.1) is 0 Å². The van der Waals surface area contributed by atoms with Gasteiger partial charge < -0.3 is 19.9 Å². The fraction of sp³-hybridized carbons (Fsp3) is 0.235. The number of anilines is 1. The third kappa shape index (κ3) is 2.45. The Labute approximate surface area is 128 Å². The number of amides is 1. The zero-order chi connectivity index (χ0) is 15.7. The summed E-state index contributed by atoms with van der Waals surface area (Å²) in [4.78, 5) is 12.0. The van der Waals surface area contributed by atoms with Crippen molar-refractivity contribution in [1.82, 2.24) is 0 Å². The molecule has 1 unspecified atom stereocenters. The molecule has 22 heavy (non-hydrogen) atoms. The summed E-state index contributed by atoms with van der Waals surface area (Å²) in [7, 11) is 3.17. The lowest BCUT2D eigenvalue weighted by molar-refractivity contribution is -0.116. The van der Waals surface area contributed by atoms with Gasteiger partial charge in [-0.05, 0) is 17.7 Å². The molecule has 0 fully saturated rings. The maximum atomic E-state index is 12.0. The minimum atomic E-state index is -0.120. The molecule has 1 amide bonds. The van der Waals surface area contributed by atoms with E-state index in [0.717, 1.165) is 11.1 Å². The number of nitrogens with one attached hydrogen (secondary N) is 1. The van der Waals surface area contributed by atoms with Crippen LogP contribution in [0.15, 0.2) is 36.4 Å². The number of rotatable bonds is 3. The Morgan fingerprint density at radius 3 is 2.50 bits per heavy atom. The SMILES string of the molecule is COc1cc2c(c(OC)c1)C(c1ccc(O)cc1)CC(=O)N2. The van der Waals surface area contributed by atoms with E-state index in [-0.39, 0.29) is 17.6 Å². The van der Waals surface area contributed by atoms with Gasteiger partial charge in [-0.3, -0.25) is 4.79 Å². The number of fused-ring (bicyclic) bond motifs is 1. The minimum absolute atomic E-state index is 0.0547. The van der Waals surface area contributed by atoms with Gasteiger partial charge in [0.05, 0.1) is 19.9 Å². The number of methoxy groups -OCH3 is 2. The van der Waals surface area contributed by atoms with Crippen molar-refractivity contribution in [2.24, 2.45) is 0 Å². The molecule has 2 aromatic carbocycles. The molecule has 0 bridgehead atoms. The molecule has 5 nitrogen and oxygen atoms in total. The third-order valence-electron chi connectivity index (χ3n) is 3.88. The van der Waals surface area contributed by atoms with E-state index in [0.29, 0.717) is 23.6 Å². The lowest BCUT2D eigenvalue weighted by atomic mass is 9.84. The molecule has 1 aliphatic heterocycles. The number of hydrogen-bond donors (Lipinski definition) is 2. The Balaban J connectivity index is 2.15. The summed E-state index contributed by atoms with van der Waals surface area (Å²) in [6, 6.07) is 10.5.